The average Bonchev–Trinajstić information content (AvgIpc) is 2.42. The normalized spacial score (nSPS) is 14.2. The highest BCUT2D eigenvalue weighted by molar-refractivity contribution is 5.76. The molecule has 0 spiro atoms. The van der Waals surface area contributed by atoms with Crippen molar-refractivity contribution in [3.05, 3.63) is 35.9 Å². The Kier molecular flexibility index (Phi) is 6.57. The summed E-state index contributed by atoms with van der Waals surface area (Å²) in [4.78, 5) is 12.2. The van der Waals surface area contributed by atoms with E-state index in [1.165, 1.54) is 0 Å². The Morgan fingerprint density at radius 2 is 1.84 bits per heavy atom. The Labute approximate surface area is 116 Å². The number of carbonyl (C=O) groups excluding carboxylic acids is 1. The first-order valence-electron chi connectivity index (χ1n) is 7.01. The van der Waals surface area contributed by atoms with Gasteiger partial charge in [0.05, 0.1) is 0 Å². The molecule has 1 N–H and O–H groups in total. The van der Waals surface area contributed by atoms with Crippen molar-refractivity contribution >= 4 is 5.97 Å². The van der Waals surface area contributed by atoms with Crippen LogP contribution in [0.3, 0.4) is 0 Å². The van der Waals surface area contributed by atoms with E-state index in [-0.39, 0.29) is 24.0 Å². The van der Waals surface area contributed by atoms with Gasteiger partial charge in [-0.1, -0.05) is 64.4 Å². The van der Waals surface area contributed by atoms with Crippen molar-refractivity contribution in [2.75, 3.05) is 0 Å². The number of nitrogens with one attached hydrogen (secondary N) is 1. The van der Waals surface area contributed by atoms with Crippen LogP contribution in [0.2, 0.25) is 0 Å². The molecule has 1 rings (SSSR count). The molecule has 2 unspecified atom stereocenters. The first kappa shape index (κ1) is 15.7. The lowest BCUT2D eigenvalue weighted by Gasteiger charge is -2.24. The van der Waals surface area contributed by atoms with E-state index < -0.39 is 0 Å². The van der Waals surface area contributed by atoms with Gasteiger partial charge in [0.2, 0.25) is 0 Å². The third-order valence-corrected chi connectivity index (χ3v) is 3.20. The maximum Gasteiger partial charge on any atom is 0.323 e. The third kappa shape index (κ3) is 5.43. The summed E-state index contributed by atoms with van der Waals surface area (Å²) in [5.41, 5.74) is 1.02. The van der Waals surface area contributed by atoms with E-state index in [4.69, 9.17) is 4.74 Å². The zero-order chi connectivity index (χ0) is 14.3. The van der Waals surface area contributed by atoms with E-state index in [9.17, 15) is 4.79 Å². The molecule has 0 aromatic heterocycles. The van der Waals surface area contributed by atoms with E-state index in [2.05, 4.69) is 19.2 Å². The Balaban J connectivity index is 2.56. The Morgan fingerprint density at radius 3 is 2.37 bits per heavy atom. The highest BCUT2D eigenvalue weighted by Crippen LogP contribution is 2.11. The number of rotatable bonds is 7. The van der Waals surface area contributed by atoms with Gasteiger partial charge in [-0.05, 0) is 11.5 Å². The van der Waals surface area contributed by atoms with Gasteiger partial charge in [-0.25, -0.2) is 0 Å². The van der Waals surface area contributed by atoms with Gasteiger partial charge in [-0.15, -0.1) is 0 Å². The van der Waals surface area contributed by atoms with Gasteiger partial charge in [0.25, 0.3) is 0 Å². The predicted octanol–water partition coefficient (Wildman–Crippen LogP) is 3.14. The smallest absolute Gasteiger partial charge is 0.323 e. The van der Waals surface area contributed by atoms with Gasteiger partial charge in [0.15, 0.2) is 0 Å². The molecule has 0 aliphatic heterocycles. The van der Waals surface area contributed by atoms with Crippen molar-refractivity contribution in [1.82, 2.24) is 5.32 Å². The second-order valence-electron chi connectivity index (χ2n) is 5.28. The molecule has 1 aromatic rings. The molecule has 0 aliphatic carbocycles. The second-order valence-corrected chi connectivity index (χ2v) is 5.28. The third-order valence-electron chi connectivity index (χ3n) is 3.20. The summed E-state index contributed by atoms with van der Waals surface area (Å²) in [5, 5.41) is 3.29. The Hall–Kier alpha value is -1.35. The quantitative estimate of drug-likeness (QED) is 0.768. The summed E-state index contributed by atoms with van der Waals surface area (Å²) in [6.07, 6.45) is 0.949. The molecule has 3 nitrogen and oxygen atoms in total. The van der Waals surface area contributed by atoms with Crippen LogP contribution in [-0.2, 0) is 16.1 Å². The summed E-state index contributed by atoms with van der Waals surface area (Å²) >= 11 is 0. The van der Waals surface area contributed by atoms with Crippen LogP contribution in [0.25, 0.3) is 0 Å². The van der Waals surface area contributed by atoms with Gasteiger partial charge in [-0.3, -0.25) is 4.79 Å². The monoisotopic (exact) mass is 263 g/mol. The molecule has 106 valence electrons. The minimum Gasteiger partial charge on any atom is -0.460 e. The number of ether oxygens (including phenoxy) is 1. The van der Waals surface area contributed by atoms with Gasteiger partial charge in [-0.2, -0.15) is 0 Å². The van der Waals surface area contributed by atoms with Gasteiger partial charge in [0.1, 0.15) is 12.6 Å². The van der Waals surface area contributed by atoms with E-state index in [0.29, 0.717) is 6.61 Å². The maximum absolute atomic E-state index is 12.2. The Bertz CT molecular complexity index is 376. The van der Waals surface area contributed by atoms with Crippen LogP contribution in [0.15, 0.2) is 30.3 Å². The Morgan fingerprint density at radius 1 is 1.21 bits per heavy atom. The molecule has 2 atom stereocenters. The van der Waals surface area contributed by atoms with Crippen LogP contribution in [-0.4, -0.2) is 18.1 Å². The van der Waals surface area contributed by atoms with Crippen molar-refractivity contribution in [3.63, 3.8) is 0 Å². The van der Waals surface area contributed by atoms with Gasteiger partial charge < -0.3 is 10.1 Å². The molecule has 19 heavy (non-hydrogen) atoms. The molecule has 0 fully saturated rings. The number of benzene rings is 1. The lowest BCUT2D eigenvalue weighted by molar-refractivity contribution is -0.149. The van der Waals surface area contributed by atoms with E-state index in [0.717, 1.165) is 12.0 Å². The van der Waals surface area contributed by atoms with E-state index >= 15 is 0 Å². The molecule has 3 heteroatoms. The topological polar surface area (TPSA) is 38.3 Å². The van der Waals surface area contributed by atoms with Gasteiger partial charge >= 0.3 is 5.97 Å². The molecule has 0 saturated carbocycles. The average molecular weight is 263 g/mol. The molecule has 0 saturated heterocycles. The zero-order valence-corrected chi connectivity index (χ0v) is 12.3. The zero-order valence-electron chi connectivity index (χ0n) is 12.3. The van der Waals surface area contributed by atoms with Gasteiger partial charge in [0, 0.05) is 6.04 Å². The van der Waals surface area contributed by atoms with Crippen LogP contribution in [0.1, 0.15) is 39.7 Å². The number of carbonyl (C=O) groups is 1. The summed E-state index contributed by atoms with van der Waals surface area (Å²) in [6, 6.07) is 9.80. The standard InChI is InChI=1S/C16H25NO2/c1-5-13(4)15(17-12(2)3)16(18)19-11-14-9-7-6-8-10-14/h6-10,12-13,15,17H,5,11H2,1-4H3. The fourth-order valence-electron chi connectivity index (χ4n) is 1.88. The number of hydrogen-bond acceptors (Lipinski definition) is 3. The van der Waals surface area contributed by atoms with Crippen molar-refractivity contribution in [2.24, 2.45) is 5.92 Å². The fourth-order valence-corrected chi connectivity index (χ4v) is 1.88. The summed E-state index contributed by atoms with van der Waals surface area (Å²) < 4.78 is 5.41. The van der Waals surface area contributed by atoms with Crippen molar-refractivity contribution < 1.29 is 9.53 Å². The van der Waals surface area contributed by atoms with Crippen LogP contribution < -0.4 is 5.32 Å². The molecule has 0 radical (unpaired) electrons. The van der Waals surface area contributed by atoms with Crippen molar-refractivity contribution in [2.45, 2.75) is 52.8 Å². The molecule has 0 aliphatic rings. The maximum atomic E-state index is 12.2. The van der Waals surface area contributed by atoms with E-state index in [1.807, 2.05) is 44.2 Å². The second kappa shape index (κ2) is 7.95. The van der Waals surface area contributed by atoms with Crippen LogP contribution >= 0.6 is 0 Å². The molecule has 0 amide bonds. The number of hydrogen-bond donors (Lipinski definition) is 1. The molecular weight excluding hydrogens is 238 g/mol. The van der Waals surface area contributed by atoms with Crippen molar-refractivity contribution in [3.8, 4) is 0 Å². The van der Waals surface area contributed by atoms with Crippen LogP contribution in [0, 0.1) is 5.92 Å². The van der Waals surface area contributed by atoms with Crippen LogP contribution in [0.4, 0.5) is 0 Å². The highest BCUT2D eigenvalue weighted by Gasteiger charge is 2.25. The lowest BCUT2D eigenvalue weighted by Crippen LogP contribution is -2.46. The SMILES string of the molecule is CCC(C)C(NC(C)C)C(=O)OCc1ccccc1. The molecular formula is C16H25NO2. The van der Waals surface area contributed by atoms with Crippen LogP contribution in [0.5, 0.6) is 0 Å². The van der Waals surface area contributed by atoms with E-state index in [1.54, 1.807) is 0 Å². The fraction of sp³-hybridized carbons (Fsp3) is 0.562. The minimum atomic E-state index is -0.228. The summed E-state index contributed by atoms with van der Waals surface area (Å²) in [6.45, 7) is 8.58. The molecule has 0 heterocycles. The van der Waals surface area contributed by atoms with Crippen molar-refractivity contribution in [1.29, 1.82) is 0 Å². The summed E-state index contributed by atoms with van der Waals surface area (Å²) in [5.74, 6) is 0.109. The number of esters is 1. The first-order valence-corrected chi connectivity index (χ1v) is 7.01. The summed E-state index contributed by atoms with van der Waals surface area (Å²) in [7, 11) is 0. The lowest BCUT2D eigenvalue weighted by atomic mass is 9.98. The first-order chi connectivity index (χ1) is 9.04. The largest absolute Gasteiger partial charge is 0.460 e. The highest BCUT2D eigenvalue weighted by atomic mass is 16.5. The molecule has 1 aromatic carbocycles. The molecule has 0 bridgehead atoms. The minimum absolute atomic E-state index is 0.160. The predicted molar refractivity (Wildman–Crippen MR) is 77.8 cm³/mol.